The molecule has 13 nitrogen and oxygen atoms in total. The van der Waals surface area contributed by atoms with Crippen molar-refractivity contribution in [3.63, 3.8) is 0 Å². The van der Waals surface area contributed by atoms with Crippen molar-refractivity contribution in [2.24, 2.45) is 7.05 Å². The van der Waals surface area contributed by atoms with Crippen molar-refractivity contribution in [2.45, 2.75) is 26.4 Å². The molecule has 284 valence electrons. The zero-order valence-electron chi connectivity index (χ0n) is 31.6. The van der Waals surface area contributed by atoms with Crippen LogP contribution >= 0.6 is 0 Å². The first kappa shape index (κ1) is 37.7. The number of anilines is 1. The van der Waals surface area contributed by atoms with Gasteiger partial charge in [0.2, 0.25) is 0 Å². The number of fused-ring (bicyclic) bond motifs is 2. The number of aromatic amines is 1. The van der Waals surface area contributed by atoms with Crippen molar-refractivity contribution in [2.75, 3.05) is 44.8 Å². The predicted octanol–water partition coefficient (Wildman–Crippen LogP) is 6.65. The van der Waals surface area contributed by atoms with Crippen molar-refractivity contribution >= 4 is 34.1 Å². The van der Waals surface area contributed by atoms with E-state index in [0.29, 0.717) is 64.4 Å². The number of nitro groups is 1. The number of hydrogen-bond donors (Lipinski definition) is 1. The number of amides is 2. The van der Waals surface area contributed by atoms with E-state index in [1.54, 1.807) is 52.7 Å². The fourth-order valence-electron chi connectivity index (χ4n) is 7.17. The second kappa shape index (κ2) is 16.4. The molecular weight excluding hydrogens is 709 g/mol. The highest BCUT2D eigenvalue weighted by atomic mass is 16.6. The summed E-state index contributed by atoms with van der Waals surface area (Å²) in [6.07, 6.45) is 2.39. The number of carbonyl (C=O) groups excluding carboxylic acids is 2. The van der Waals surface area contributed by atoms with Gasteiger partial charge in [0.1, 0.15) is 0 Å². The Bertz CT molecular complexity index is 2470. The molecule has 4 heterocycles. The fourth-order valence-corrected chi connectivity index (χ4v) is 7.17. The number of benzene rings is 4. The van der Waals surface area contributed by atoms with Crippen LogP contribution in [-0.4, -0.2) is 81.2 Å². The van der Waals surface area contributed by atoms with Gasteiger partial charge in [-0.15, -0.1) is 0 Å². The molecule has 13 heteroatoms. The third-order valence-corrected chi connectivity index (χ3v) is 10.6. The first-order valence-electron chi connectivity index (χ1n) is 18.4. The van der Waals surface area contributed by atoms with Crippen molar-refractivity contribution in [1.29, 1.82) is 5.26 Å². The molecule has 2 amide bonds. The number of likely N-dealkylation sites (N-methyl/N-ethyl adjacent to an activating group) is 1. The van der Waals surface area contributed by atoms with E-state index in [1.165, 1.54) is 23.8 Å². The molecule has 0 unspecified atom stereocenters. The van der Waals surface area contributed by atoms with Crippen LogP contribution in [0.15, 0.2) is 97.2 Å². The van der Waals surface area contributed by atoms with Crippen LogP contribution in [0.25, 0.3) is 22.2 Å². The minimum atomic E-state index is -0.489. The Morgan fingerprint density at radius 1 is 0.946 bits per heavy atom. The maximum absolute atomic E-state index is 14.6. The van der Waals surface area contributed by atoms with Crippen molar-refractivity contribution < 1.29 is 19.2 Å². The van der Waals surface area contributed by atoms with Gasteiger partial charge in [0.15, 0.2) is 0 Å². The number of nitriles is 1. The lowest BCUT2D eigenvalue weighted by Gasteiger charge is -2.29. The predicted molar refractivity (Wildman–Crippen MR) is 213 cm³/mol. The first-order valence-corrected chi connectivity index (χ1v) is 18.4. The molecule has 6 aromatic rings. The Morgan fingerprint density at radius 2 is 1.70 bits per heavy atom. The van der Waals surface area contributed by atoms with E-state index in [4.69, 9.17) is 4.74 Å². The summed E-state index contributed by atoms with van der Waals surface area (Å²) in [6.45, 7) is 6.89. The minimum absolute atomic E-state index is 0.118. The molecule has 0 atom stereocenters. The summed E-state index contributed by atoms with van der Waals surface area (Å²) in [6, 6.07) is 28.8. The van der Waals surface area contributed by atoms with Gasteiger partial charge in [0.25, 0.3) is 17.5 Å². The lowest BCUT2D eigenvalue weighted by molar-refractivity contribution is -0.384. The summed E-state index contributed by atoms with van der Waals surface area (Å²) >= 11 is 0. The van der Waals surface area contributed by atoms with Gasteiger partial charge in [-0.25, -0.2) is 0 Å². The molecule has 2 aliphatic heterocycles. The number of carbonyl (C=O) groups is 2. The quantitative estimate of drug-likeness (QED) is 0.141. The number of hydrogen-bond acceptors (Lipinski definition) is 8. The van der Waals surface area contributed by atoms with Gasteiger partial charge in [-0.1, -0.05) is 42.5 Å². The van der Waals surface area contributed by atoms with Gasteiger partial charge in [-0.05, 0) is 73.5 Å². The van der Waals surface area contributed by atoms with E-state index in [-0.39, 0.29) is 24.0 Å². The van der Waals surface area contributed by atoms with Crippen LogP contribution in [0, 0.1) is 28.4 Å². The highest BCUT2D eigenvalue weighted by Gasteiger charge is 2.29. The number of ether oxygens (including phenoxy) is 1. The second-order valence-corrected chi connectivity index (χ2v) is 14.0. The molecule has 56 heavy (non-hydrogen) atoms. The number of rotatable bonds is 7. The Kier molecular flexibility index (Phi) is 11.0. The highest BCUT2D eigenvalue weighted by molar-refractivity contribution is 6.09. The zero-order chi connectivity index (χ0) is 39.3. The van der Waals surface area contributed by atoms with Gasteiger partial charge in [0.05, 0.1) is 53.6 Å². The maximum atomic E-state index is 14.6. The number of H-pyrrole nitrogens is 1. The molecule has 2 aromatic heterocycles. The molecule has 1 saturated heterocycles. The lowest BCUT2D eigenvalue weighted by Crippen LogP contribution is -2.36. The molecule has 2 aliphatic rings. The monoisotopic (exact) mass is 750 g/mol. The second-order valence-electron chi connectivity index (χ2n) is 14.0. The Labute approximate surface area is 324 Å². The molecule has 8 rings (SSSR count). The van der Waals surface area contributed by atoms with Crippen LogP contribution in [-0.2, 0) is 31.3 Å². The number of aromatic nitrogens is 3. The molecule has 0 aliphatic carbocycles. The van der Waals surface area contributed by atoms with Crippen LogP contribution in [0.1, 0.15) is 48.7 Å². The highest BCUT2D eigenvalue weighted by Crippen LogP contribution is 2.34. The molecular formula is C43H42N8O5. The van der Waals surface area contributed by atoms with Crippen LogP contribution in [0.2, 0.25) is 0 Å². The van der Waals surface area contributed by atoms with Crippen molar-refractivity contribution in [3.05, 3.63) is 146 Å². The van der Waals surface area contributed by atoms with E-state index < -0.39 is 4.92 Å². The van der Waals surface area contributed by atoms with Crippen molar-refractivity contribution in [1.82, 2.24) is 24.6 Å². The SMILES string of the molecule is CN1CCOCC1.Cc1c(C(=O)N(Cc2ccccc2C#N)c2ccc3[nH]ncc3c2)cc(-c2cc([N+](=O)[O-])ccc2C(=O)N2CCc3ccccc3C2)n1C. The van der Waals surface area contributed by atoms with Gasteiger partial charge >= 0.3 is 0 Å². The van der Waals surface area contributed by atoms with Gasteiger partial charge in [-0.3, -0.25) is 24.8 Å². The zero-order valence-corrected chi connectivity index (χ0v) is 31.6. The molecule has 0 saturated carbocycles. The maximum Gasteiger partial charge on any atom is 0.270 e. The summed E-state index contributed by atoms with van der Waals surface area (Å²) in [5.74, 6) is -0.574. The standard InChI is InChI=1S/C38H31N7O4.C5H11NO/c1-24-33(38(47)44(23-28-10-6-4-8-26(28)20-39)30-12-14-35-29(17-30)21-40-41-35)19-36(42(24)2)34-18-31(45(48)49)11-13-32(34)37(46)43-16-15-25-7-3-5-9-27(25)22-43;1-6-2-4-7-5-3-6/h3-14,17-19,21H,15-16,22-23H2,1-2H3,(H,40,41);2-5H2,1H3. The van der Waals surface area contributed by atoms with Gasteiger partial charge in [-0.2, -0.15) is 10.4 Å². The van der Waals surface area contributed by atoms with E-state index >= 15 is 0 Å². The molecule has 0 spiro atoms. The molecule has 1 fully saturated rings. The summed E-state index contributed by atoms with van der Waals surface area (Å²) in [7, 11) is 3.89. The van der Waals surface area contributed by atoms with Crippen LogP contribution in [0.4, 0.5) is 11.4 Å². The van der Waals surface area contributed by atoms with Crippen LogP contribution in [0.5, 0.6) is 0 Å². The molecule has 0 bridgehead atoms. The summed E-state index contributed by atoms with van der Waals surface area (Å²) in [5.41, 5.74) is 6.79. The minimum Gasteiger partial charge on any atom is -0.379 e. The average molecular weight is 751 g/mol. The van der Waals surface area contributed by atoms with Gasteiger partial charge < -0.3 is 24.0 Å². The van der Waals surface area contributed by atoms with Crippen LogP contribution in [0.3, 0.4) is 0 Å². The Hall–Kier alpha value is -6.62. The number of nitrogens with zero attached hydrogens (tertiary/aromatic N) is 7. The third kappa shape index (κ3) is 7.79. The average Bonchev–Trinajstić information content (AvgIpc) is 3.82. The summed E-state index contributed by atoms with van der Waals surface area (Å²) in [5, 5.41) is 29.6. The number of nitro benzene ring substituents is 1. The Morgan fingerprint density at radius 3 is 2.43 bits per heavy atom. The van der Waals surface area contributed by atoms with Crippen molar-refractivity contribution in [3.8, 4) is 17.3 Å². The molecule has 0 radical (unpaired) electrons. The fraction of sp³-hybridized carbons (Fsp3) is 0.256. The number of nitrogens with one attached hydrogen (secondary N) is 1. The molecule has 1 N–H and O–H groups in total. The molecule has 4 aromatic carbocycles. The van der Waals surface area contributed by atoms with E-state index in [2.05, 4.69) is 34.3 Å². The van der Waals surface area contributed by atoms with E-state index in [1.807, 2.05) is 48.5 Å². The topological polar surface area (TPSA) is 154 Å². The largest absolute Gasteiger partial charge is 0.379 e. The summed E-state index contributed by atoms with van der Waals surface area (Å²) in [4.78, 5) is 45.8. The lowest BCUT2D eigenvalue weighted by atomic mass is 9.97. The van der Waals surface area contributed by atoms with E-state index in [9.17, 15) is 25.0 Å². The summed E-state index contributed by atoms with van der Waals surface area (Å²) < 4.78 is 6.89. The van der Waals surface area contributed by atoms with Crippen LogP contribution < -0.4 is 4.90 Å². The smallest absolute Gasteiger partial charge is 0.270 e. The normalized spacial score (nSPS) is 14.0. The van der Waals surface area contributed by atoms with E-state index in [0.717, 1.165) is 42.8 Å². The van der Waals surface area contributed by atoms with Gasteiger partial charge in [0, 0.05) is 78.9 Å². The first-order chi connectivity index (χ1) is 27.1. The number of non-ortho nitro benzene ring substituents is 1. The number of morpholine rings is 1. The Balaban J connectivity index is 0.000000620. The third-order valence-electron chi connectivity index (χ3n) is 10.6.